The van der Waals surface area contributed by atoms with Crippen molar-refractivity contribution < 1.29 is 24.2 Å². The minimum Gasteiger partial charge on any atom is -0.461 e. The van der Waals surface area contributed by atoms with Gasteiger partial charge in [-0.15, -0.1) is 11.8 Å². The SMILES string of the molecule is C[C@]12C=CCOC(=O)[C@H]1[C@H]1C(=O)N(CCCCCCO)C3C(=O)N(c4ccc5ccccc5c4)CC=C[C@@]31S2. The summed E-state index contributed by atoms with van der Waals surface area (Å²) in [4.78, 5) is 45.6. The molecule has 0 saturated carbocycles. The Hall–Kier alpha value is -3.10. The van der Waals surface area contributed by atoms with E-state index in [1.165, 1.54) is 0 Å². The average molecular weight is 547 g/mol. The van der Waals surface area contributed by atoms with Gasteiger partial charge in [0.15, 0.2) is 0 Å². The zero-order valence-electron chi connectivity index (χ0n) is 22.1. The van der Waals surface area contributed by atoms with E-state index in [-0.39, 0.29) is 31.0 Å². The molecule has 0 aliphatic carbocycles. The highest BCUT2D eigenvalue weighted by atomic mass is 32.2. The molecule has 4 aliphatic heterocycles. The summed E-state index contributed by atoms with van der Waals surface area (Å²) in [6.45, 7) is 3.16. The Labute approximate surface area is 232 Å². The van der Waals surface area contributed by atoms with E-state index < -0.39 is 27.4 Å². The number of thioether (sulfide) groups is 1. The summed E-state index contributed by atoms with van der Waals surface area (Å²) in [5.41, 5.74) is 0.793. The fourth-order valence-corrected chi connectivity index (χ4v) is 9.07. The molecule has 2 aromatic carbocycles. The first-order valence-corrected chi connectivity index (χ1v) is 14.6. The molecule has 6 rings (SSSR count). The first kappa shape index (κ1) is 26.1. The molecule has 204 valence electrons. The van der Waals surface area contributed by atoms with Crippen LogP contribution in [-0.4, -0.2) is 69.6 Å². The third-order valence-electron chi connectivity index (χ3n) is 8.66. The largest absolute Gasteiger partial charge is 0.461 e. The zero-order valence-corrected chi connectivity index (χ0v) is 22.9. The molecule has 0 radical (unpaired) electrons. The van der Waals surface area contributed by atoms with Gasteiger partial charge >= 0.3 is 5.97 Å². The monoisotopic (exact) mass is 546 g/mol. The van der Waals surface area contributed by atoms with Gasteiger partial charge < -0.3 is 19.6 Å². The number of unbranched alkanes of at least 4 members (excludes halogenated alkanes) is 3. The summed E-state index contributed by atoms with van der Waals surface area (Å²) < 4.78 is 3.99. The number of likely N-dealkylation sites (tertiary alicyclic amines) is 1. The van der Waals surface area contributed by atoms with Gasteiger partial charge in [0, 0.05) is 30.1 Å². The van der Waals surface area contributed by atoms with E-state index in [1.807, 2.05) is 73.7 Å². The molecular weight excluding hydrogens is 512 g/mol. The normalized spacial score (nSPS) is 31.6. The lowest BCUT2D eigenvalue weighted by Gasteiger charge is -2.36. The van der Waals surface area contributed by atoms with Crippen LogP contribution in [0.25, 0.3) is 10.8 Å². The van der Waals surface area contributed by atoms with Gasteiger partial charge in [-0.1, -0.05) is 61.4 Å². The first-order valence-electron chi connectivity index (χ1n) is 13.8. The van der Waals surface area contributed by atoms with Crippen molar-refractivity contribution in [2.45, 2.75) is 48.1 Å². The quantitative estimate of drug-likeness (QED) is 0.320. The Bertz CT molecular complexity index is 1370. The van der Waals surface area contributed by atoms with Crippen molar-refractivity contribution >= 4 is 46.0 Å². The number of fused-ring (bicyclic) bond motifs is 3. The number of rotatable bonds is 7. The van der Waals surface area contributed by atoms with E-state index in [0.29, 0.717) is 13.1 Å². The second-order valence-corrected chi connectivity index (χ2v) is 12.9. The van der Waals surface area contributed by atoms with Crippen molar-refractivity contribution in [3.63, 3.8) is 0 Å². The number of hydrogen-bond acceptors (Lipinski definition) is 6. The summed E-state index contributed by atoms with van der Waals surface area (Å²) in [5, 5.41) is 11.3. The number of aliphatic hydroxyl groups is 1. The number of amides is 2. The second-order valence-electron chi connectivity index (χ2n) is 11.1. The van der Waals surface area contributed by atoms with Gasteiger partial charge in [-0.05, 0) is 48.7 Å². The molecule has 1 spiro atoms. The number of anilines is 1. The molecule has 2 fully saturated rings. The number of benzene rings is 2. The van der Waals surface area contributed by atoms with Crippen molar-refractivity contribution in [3.8, 4) is 0 Å². The van der Waals surface area contributed by atoms with E-state index >= 15 is 0 Å². The van der Waals surface area contributed by atoms with Crippen molar-refractivity contribution in [1.82, 2.24) is 4.90 Å². The van der Waals surface area contributed by atoms with Crippen molar-refractivity contribution in [2.24, 2.45) is 11.8 Å². The number of cyclic esters (lactones) is 1. The summed E-state index contributed by atoms with van der Waals surface area (Å²) in [6, 6.07) is 13.3. The Balaban J connectivity index is 1.41. The van der Waals surface area contributed by atoms with Crippen LogP contribution >= 0.6 is 11.8 Å². The van der Waals surface area contributed by atoms with Crippen LogP contribution in [0.1, 0.15) is 32.6 Å². The highest BCUT2D eigenvalue weighted by Gasteiger charge is 2.74. The minimum absolute atomic E-state index is 0.119. The molecule has 1 N–H and O–H groups in total. The predicted molar refractivity (Wildman–Crippen MR) is 152 cm³/mol. The van der Waals surface area contributed by atoms with Crippen LogP contribution in [0, 0.1) is 11.8 Å². The molecule has 4 aliphatic rings. The maximum atomic E-state index is 14.6. The molecule has 1 unspecified atom stereocenters. The minimum atomic E-state index is -0.870. The van der Waals surface area contributed by atoms with Gasteiger partial charge in [-0.3, -0.25) is 14.4 Å². The molecular formula is C31H34N2O5S. The average Bonchev–Trinajstić information content (AvgIpc) is 3.18. The molecule has 2 amide bonds. The van der Waals surface area contributed by atoms with Gasteiger partial charge in [0.25, 0.3) is 5.91 Å². The van der Waals surface area contributed by atoms with Gasteiger partial charge in [-0.25, -0.2) is 0 Å². The Morgan fingerprint density at radius 1 is 0.949 bits per heavy atom. The van der Waals surface area contributed by atoms with E-state index in [9.17, 15) is 14.4 Å². The number of carbonyl (C=O) groups excluding carboxylic acids is 3. The van der Waals surface area contributed by atoms with Crippen LogP contribution in [0.2, 0.25) is 0 Å². The molecule has 0 aromatic heterocycles. The number of aliphatic hydroxyl groups excluding tert-OH is 1. The van der Waals surface area contributed by atoms with Crippen LogP contribution in [0.5, 0.6) is 0 Å². The number of nitrogens with zero attached hydrogens (tertiary/aromatic N) is 2. The lowest BCUT2D eigenvalue weighted by Crippen LogP contribution is -2.53. The first-order chi connectivity index (χ1) is 18.9. The number of esters is 1. The van der Waals surface area contributed by atoms with E-state index in [1.54, 1.807) is 21.6 Å². The second kappa shape index (κ2) is 10.1. The van der Waals surface area contributed by atoms with E-state index in [2.05, 4.69) is 0 Å². The fraction of sp³-hybridized carbons (Fsp3) is 0.452. The lowest BCUT2D eigenvalue weighted by molar-refractivity contribution is -0.152. The lowest BCUT2D eigenvalue weighted by atomic mass is 9.75. The van der Waals surface area contributed by atoms with Crippen molar-refractivity contribution in [1.29, 1.82) is 0 Å². The van der Waals surface area contributed by atoms with Crippen LogP contribution in [0.15, 0.2) is 66.8 Å². The van der Waals surface area contributed by atoms with Crippen LogP contribution in [0.4, 0.5) is 5.69 Å². The predicted octanol–water partition coefficient (Wildman–Crippen LogP) is 4.10. The Morgan fingerprint density at radius 3 is 2.56 bits per heavy atom. The molecule has 5 atom stereocenters. The highest BCUT2D eigenvalue weighted by Crippen LogP contribution is 2.65. The van der Waals surface area contributed by atoms with Crippen molar-refractivity contribution in [3.05, 3.63) is 66.8 Å². The van der Waals surface area contributed by atoms with E-state index in [0.717, 1.165) is 42.1 Å². The zero-order chi connectivity index (χ0) is 27.2. The summed E-state index contributed by atoms with van der Waals surface area (Å²) in [6.07, 6.45) is 11.0. The maximum absolute atomic E-state index is 14.6. The molecule has 7 nitrogen and oxygen atoms in total. The van der Waals surface area contributed by atoms with Crippen LogP contribution in [0.3, 0.4) is 0 Å². The number of carbonyl (C=O) groups is 3. The van der Waals surface area contributed by atoms with Crippen LogP contribution < -0.4 is 4.90 Å². The highest BCUT2D eigenvalue weighted by molar-refractivity contribution is 8.02. The van der Waals surface area contributed by atoms with E-state index in [4.69, 9.17) is 9.84 Å². The molecule has 4 heterocycles. The van der Waals surface area contributed by atoms with Gasteiger partial charge in [-0.2, -0.15) is 0 Å². The molecule has 2 aromatic rings. The van der Waals surface area contributed by atoms with Gasteiger partial charge in [0.05, 0.1) is 16.6 Å². The third kappa shape index (κ3) is 4.19. The molecule has 2 saturated heterocycles. The van der Waals surface area contributed by atoms with Gasteiger partial charge in [0.1, 0.15) is 12.6 Å². The van der Waals surface area contributed by atoms with Gasteiger partial charge in [0.2, 0.25) is 5.91 Å². The summed E-state index contributed by atoms with van der Waals surface area (Å²) in [5.74, 6) is -1.98. The molecule has 0 bridgehead atoms. The number of hydrogen-bond donors (Lipinski definition) is 1. The van der Waals surface area contributed by atoms with Crippen LogP contribution in [-0.2, 0) is 19.1 Å². The Kier molecular flexibility index (Phi) is 6.79. The summed E-state index contributed by atoms with van der Waals surface area (Å²) in [7, 11) is 0. The standard InChI is InChI=1S/C31H34N2O5S/c1-30-14-9-19-38-29(37)25(30)24-27(35)33(16-6-2-3-7-18-34)26-28(36)32(17-8-15-31(24,26)39-30)23-13-12-21-10-4-5-11-22(21)20-23/h4-5,8-15,20,24-26,34H,2-3,6-7,16-19H2,1H3/t24-,25+,26?,30-,31-/m0/s1. The maximum Gasteiger partial charge on any atom is 0.311 e. The third-order valence-corrected chi connectivity index (χ3v) is 10.5. The van der Waals surface area contributed by atoms with Crippen molar-refractivity contribution in [2.75, 3.05) is 31.2 Å². The smallest absolute Gasteiger partial charge is 0.311 e. The number of ether oxygens (including phenoxy) is 1. The molecule has 39 heavy (non-hydrogen) atoms. The summed E-state index contributed by atoms with van der Waals surface area (Å²) >= 11 is 1.57. The topological polar surface area (TPSA) is 87.1 Å². The fourth-order valence-electron chi connectivity index (χ4n) is 6.92. The molecule has 8 heteroatoms. The Morgan fingerprint density at radius 2 is 1.74 bits per heavy atom.